The van der Waals surface area contributed by atoms with Gasteiger partial charge in [0.15, 0.2) is 0 Å². The average Bonchev–Trinajstić information content (AvgIpc) is 2.38. The minimum atomic E-state index is 0. The summed E-state index contributed by atoms with van der Waals surface area (Å²) >= 11 is 0. The minimum Gasteiger partial charge on any atom is -0.356 e. The van der Waals surface area contributed by atoms with Crippen LogP contribution in [0.15, 0.2) is 0 Å². The summed E-state index contributed by atoms with van der Waals surface area (Å²) in [5.41, 5.74) is 0.409. The van der Waals surface area contributed by atoms with Gasteiger partial charge >= 0.3 is 0 Å². The second-order valence-corrected chi connectivity index (χ2v) is 7.66. The van der Waals surface area contributed by atoms with E-state index in [0.29, 0.717) is 23.7 Å². The number of piperidine rings is 1. The molecule has 2 N–H and O–H groups in total. The first kappa shape index (κ1) is 20.7. The molecule has 126 valence electrons. The Kier molecular flexibility index (Phi) is 10.3. The van der Waals surface area contributed by atoms with Crippen molar-refractivity contribution in [2.24, 2.45) is 17.3 Å². The van der Waals surface area contributed by atoms with E-state index in [4.69, 9.17) is 0 Å². The van der Waals surface area contributed by atoms with E-state index in [9.17, 15) is 4.79 Å². The minimum absolute atomic E-state index is 0. The number of hydrogen-bond donors (Lipinski definition) is 2. The van der Waals surface area contributed by atoms with Crippen LogP contribution in [0.2, 0.25) is 0 Å². The number of nitrogens with one attached hydrogen (secondary N) is 2. The van der Waals surface area contributed by atoms with E-state index in [0.717, 1.165) is 26.1 Å². The van der Waals surface area contributed by atoms with Crippen LogP contribution in [-0.2, 0) is 4.79 Å². The summed E-state index contributed by atoms with van der Waals surface area (Å²) in [5.74, 6) is 1.41. The highest BCUT2D eigenvalue weighted by atomic mass is 35.5. The molecule has 1 aliphatic rings. The predicted octanol–water partition coefficient (Wildman–Crippen LogP) is 3.77. The highest BCUT2D eigenvalue weighted by molar-refractivity contribution is 5.85. The van der Waals surface area contributed by atoms with E-state index < -0.39 is 0 Å². The van der Waals surface area contributed by atoms with Gasteiger partial charge in [0.25, 0.3) is 0 Å². The Hall–Kier alpha value is -0.280. The van der Waals surface area contributed by atoms with Crippen molar-refractivity contribution in [3.8, 4) is 0 Å². The van der Waals surface area contributed by atoms with E-state index in [2.05, 4.69) is 38.3 Å². The Bertz CT molecular complexity index is 283. The van der Waals surface area contributed by atoms with Crippen LogP contribution >= 0.6 is 12.4 Å². The number of carbonyl (C=O) groups excluding carboxylic acids is 1. The molecule has 0 spiro atoms. The third kappa shape index (κ3) is 10.1. The maximum Gasteiger partial charge on any atom is 0.220 e. The summed E-state index contributed by atoms with van der Waals surface area (Å²) in [6.07, 6.45) is 6.74. The molecule has 21 heavy (non-hydrogen) atoms. The molecule has 4 heteroatoms. The number of unbranched alkanes of at least 4 members (excludes halogenated alkanes) is 1. The zero-order valence-corrected chi connectivity index (χ0v) is 15.2. The normalized spacial score (nSPS) is 20.5. The summed E-state index contributed by atoms with van der Waals surface area (Å²) in [7, 11) is 0. The van der Waals surface area contributed by atoms with E-state index in [1.165, 1.54) is 25.7 Å². The Labute approximate surface area is 137 Å². The molecular weight excluding hydrogens is 284 g/mol. The van der Waals surface area contributed by atoms with Crippen molar-refractivity contribution in [3.63, 3.8) is 0 Å². The molecule has 1 rings (SSSR count). The fraction of sp³-hybridized carbons (Fsp3) is 0.941. The van der Waals surface area contributed by atoms with Crippen molar-refractivity contribution in [3.05, 3.63) is 0 Å². The van der Waals surface area contributed by atoms with Gasteiger partial charge in [-0.3, -0.25) is 4.79 Å². The monoisotopic (exact) mass is 318 g/mol. The van der Waals surface area contributed by atoms with Crippen molar-refractivity contribution >= 4 is 18.3 Å². The Morgan fingerprint density at radius 2 is 2.05 bits per heavy atom. The summed E-state index contributed by atoms with van der Waals surface area (Å²) in [4.78, 5) is 11.9. The molecular formula is C17H35ClN2O. The topological polar surface area (TPSA) is 41.1 Å². The Morgan fingerprint density at radius 1 is 1.33 bits per heavy atom. The lowest BCUT2D eigenvalue weighted by Gasteiger charge is -2.28. The summed E-state index contributed by atoms with van der Waals surface area (Å²) < 4.78 is 0. The van der Waals surface area contributed by atoms with E-state index in [-0.39, 0.29) is 18.3 Å². The lowest BCUT2D eigenvalue weighted by molar-refractivity contribution is -0.122. The highest BCUT2D eigenvalue weighted by Gasteiger charge is 2.21. The predicted molar refractivity (Wildman–Crippen MR) is 92.9 cm³/mol. The molecule has 2 atom stereocenters. The molecule has 1 fully saturated rings. The SMILES string of the molecule is CC(CC(=O)NCCCCC(C)(C)C)C1CCCNC1.Cl. The molecule has 0 aromatic heterocycles. The molecule has 0 aliphatic carbocycles. The zero-order chi connectivity index (χ0) is 15.0. The van der Waals surface area contributed by atoms with Crippen LogP contribution in [0.5, 0.6) is 0 Å². The average molecular weight is 319 g/mol. The van der Waals surface area contributed by atoms with Gasteiger partial charge in [-0.1, -0.05) is 34.1 Å². The van der Waals surface area contributed by atoms with Crippen LogP contribution < -0.4 is 10.6 Å². The van der Waals surface area contributed by atoms with E-state index in [1.807, 2.05) is 0 Å². The molecule has 2 unspecified atom stereocenters. The molecule has 0 saturated carbocycles. The van der Waals surface area contributed by atoms with Gasteiger partial charge in [-0.2, -0.15) is 0 Å². The Morgan fingerprint density at radius 3 is 2.62 bits per heavy atom. The molecule has 3 nitrogen and oxygen atoms in total. The van der Waals surface area contributed by atoms with E-state index >= 15 is 0 Å². The van der Waals surface area contributed by atoms with Gasteiger partial charge in [-0.05, 0) is 56.0 Å². The van der Waals surface area contributed by atoms with Gasteiger partial charge in [0.05, 0.1) is 0 Å². The number of rotatable bonds is 7. The van der Waals surface area contributed by atoms with Crippen molar-refractivity contribution in [1.82, 2.24) is 10.6 Å². The van der Waals surface area contributed by atoms with Crippen LogP contribution in [0.4, 0.5) is 0 Å². The smallest absolute Gasteiger partial charge is 0.220 e. The molecule has 0 aromatic carbocycles. The summed E-state index contributed by atoms with van der Waals surface area (Å²) in [5, 5.41) is 6.51. The number of halogens is 1. The quantitative estimate of drug-likeness (QED) is 0.702. The molecule has 1 heterocycles. The van der Waals surface area contributed by atoms with Gasteiger partial charge in [-0.15, -0.1) is 12.4 Å². The van der Waals surface area contributed by atoms with Gasteiger partial charge in [-0.25, -0.2) is 0 Å². The molecule has 1 aliphatic heterocycles. The van der Waals surface area contributed by atoms with Crippen molar-refractivity contribution in [2.45, 2.75) is 66.2 Å². The first-order valence-corrected chi connectivity index (χ1v) is 8.36. The van der Waals surface area contributed by atoms with Crippen LogP contribution in [0.3, 0.4) is 0 Å². The molecule has 1 saturated heterocycles. The molecule has 0 aromatic rings. The van der Waals surface area contributed by atoms with Crippen molar-refractivity contribution in [2.75, 3.05) is 19.6 Å². The third-order valence-electron chi connectivity index (χ3n) is 4.32. The number of hydrogen-bond acceptors (Lipinski definition) is 2. The van der Waals surface area contributed by atoms with Crippen LogP contribution in [0, 0.1) is 17.3 Å². The fourth-order valence-corrected chi connectivity index (χ4v) is 2.90. The second-order valence-electron chi connectivity index (χ2n) is 7.66. The van der Waals surface area contributed by atoms with Crippen LogP contribution in [0.25, 0.3) is 0 Å². The molecule has 1 amide bonds. The summed E-state index contributed by atoms with van der Waals surface area (Å²) in [6.45, 7) is 12.1. The fourth-order valence-electron chi connectivity index (χ4n) is 2.90. The molecule has 0 bridgehead atoms. The summed E-state index contributed by atoms with van der Waals surface area (Å²) in [6, 6.07) is 0. The van der Waals surface area contributed by atoms with Crippen LogP contribution in [-0.4, -0.2) is 25.5 Å². The van der Waals surface area contributed by atoms with Crippen molar-refractivity contribution < 1.29 is 4.79 Å². The first-order chi connectivity index (χ1) is 9.38. The van der Waals surface area contributed by atoms with Gasteiger partial charge in [0.2, 0.25) is 5.91 Å². The Balaban J connectivity index is 0.00000400. The van der Waals surface area contributed by atoms with Gasteiger partial charge in [0.1, 0.15) is 0 Å². The second kappa shape index (κ2) is 10.4. The lowest BCUT2D eigenvalue weighted by Crippen LogP contribution is -2.35. The largest absolute Gasteiger partial charge is 0.356 e. The number of amides is 1. The maximum atomic E-state index is 11.9. The van der Waals surface area contributed by atoms with E-state index in [1.54, 1.807) is 0 Å². The third-order valence-corrected chi connectivity index (χ3v) is 4.32. The maximum absolute atomic E-state index is 11.9. The van der Waals surface area contributed by atoms with Gasteiger partial charge < -0.3 is 10.6 Å². The highest BCUT2D eigenvalue weighted by Crippen LogP contribution is 2.23. The lowest BCUT2D eigenvalue weighted by atomic mass is 9.85. The first-order valence-electron chi connectivity index (χ1n) is 8.36. The molecule has 0 radical (unpaired) electrons. The number of carbonyl (C=O) groups is 1. The van der Waals surface area contributed by atoms with Crippen LogP contribution in [0.1, 0.15) is 66.2 Å². The standard InChI is InChI=1S/C17H34N2O.ClH/c1-14(15-8-7-10-18-13-15)12-16(20)19-11-6-5-9-17(2,3)4;/h14-15,18H,5-13H2,1-4H3,(H,19,20);1H. The zero-order valence-electron chi connectivity index (χ0n) is 14.3. The van der Waals surface area contributed by atoms with Gasteiger partial charge in [0, 0.05) is 13.0 Å². The van der Waals surface area contributed by atoms with Crippen molar-refractivity contribution in [1.29, 1.82) is 0 Å².